The van der Waals surface area contributed by atoms with Crippen LogP contribution in [0.4, 0.5) is 10.1 Å². The van der Waals surface area contributed by atoms with Gasteiger partial charge in [0.15, 0.2) is 0 Å². The van der Waals surface area contributed by atoms with Crippen molar-refractivity contribution in [1.82, 2.24) is 9.55 Å². The molecule has 0 bridgehead atoms. The van der Waals surface area contributed by atoms with E-state index in [1.165, 1.54) is 29.5 Å². The fourth-order valence-electron chi connectivity index (χ4n) is 2.65. The molecule has 0 radical (unpaired) electrons. The van der Waals surface area contributed by atoms with E-state index in [-0.39, 0.29) is 10.7 Å². The Morgan fingerprint density at radius 3 is 2.42 bits per heavy atom. The number of halogens is 1. The quantitative estimate of drug-likeness (QED) is 0.718. The summed E-state index contributed by atoms with van der Waals surface area (Å²) in [5.41, 5.74) is 3.00. The van der Waals surface area contributed by atoms with Crippen molar-refractivity contribution < 1.29 is 12.8 Å². The van der Waals surface area contributed by atoms with E-state index >= 15 is 0 Å². The molecule has 1 N–H and O–H groups in total. The highest BCUT2D eigenvalue weighted by Crippen LogP contribution is 2.32. The van der Waals surface area contributed by atoms with Gasteiger partial charge < -0.3 is 4.57 Å². The van der Waals surface area contributed by atoms with Crippen LogP contribution in [0.1, 0.15) is 21.8 Å². The molecule has 2 heterocycles. The number of aryl methyl sites for hydroxylation is 3. The maximum Gasteiger partial charge on any atom is 0.263 e. The molecule has 0 saturated carbocycles. The normalized spacial score (nSPS) is 11.8. The van der Waals surface area contributed by atoms with Gasteiger partial charge in [0.1, 0.15) is 15.7 Å². The summed E-state index contributed by atoms with van der Waals surface area (Å²) in [6, 6.07) is 5.76. The van der Waals surface area contributed by atoms with Gasteiger partial charge in [-0.05, 0) is 57.5 Å². The van der Waals surface area contributed by atoms with E-state index in [2.05, 4.69) is 9.71 Å². The third kappa shape index (κ3) is 3.26. The lowest BCUT2D eigenvalue weighted by Gasteiger charge is -2.09. The maximum atomic E-state index is 13.4. The summed E-state index contributed by atoms with van der Waals surface area (Å²) in [5, 5.41) is 0.782. The Hall–Kier alpha value is -2.19. The molecule has 5 nitrogen and oxygen atoms in total. The number of nitrogens with zero attached hydrogens (tertiary/aromatic N) is 2. The Morgan fingerprint density at radius 2 is 1.85 bits per heavy atom. The van der Waals surface area contributed by atoms with Crippen molar-refractivity contribution in [2.24, 2.45) is 7.05 Å². The third-order valence-electron chi connectivity index (χ3n) is 4.44. The first kappa shape index (κ1) is 18.6. The average molecular weight is 394 g/mol. The number of benzene rings is 1. The standard InChI is InChI=1S/C18H20FN3O2S2/c1-10-8-14(6-7-15(10)19)21-26(23,24)17-9-16(22(5)12(17)3)18-20-11(2)13(4)25-18/h6-9,21H,1-5H3. The molecule has 8 heteroatoms. The Balaban J connectivity index is 2.02. The molecular formula is C18H20FN3O2S2. The van der Waals surface area contributed by atoms with Gasteiger partial charge in [-0.1, -0.05) is 0 Å². The summed E-state index contributed by atoms with van der Waals surface area (Å²) in [4.78, 5) is 5.81. The van der Waals surface area contributed by atoms with Gasteiger partial charge in [-0.3, -0.25) is 4.72 Å². The third-order valence-corrected chi connectivity index (χ3v) is 7.03. The summed E-state index contributed by atoms with van der Waals surface area (Å²) in [6.45, 7) is 7.26. The monoisotopic (exact) mass is 393 g/mol. The van der Waals surface area contributed by atoms with E-state index in [1.807, 2.05) is 25.5 Å². The molecule has 1 aromatic carbocycles. The molecule has 0 amide bonds. The summed E-state index contributed by atoms with van der Waals surface area (Å²) in [6.07, 6.45) is 0. The second-order valence-electron chi connectivity index (χ2n) is 6.27. The minimum absolute atomic E-state index is 0.183. The van der Waals surface area contributed by atoms with E-state index in [0.717, 1.165) is 21.3 Å². The summed E-state index contributed by atoms with van der Waals surface area (Å²) in [5.74, 6) is -0.374. The molecule has 3 aromatic rings. The Labute approximate surface area is 156 Å². The second-order valence-corrected chi connectivity index (χ2v) is 9.12. The molecule has 0 unspecified atom stereocenters. The molecule has 2 aromatic heterocycles. The Morgan fingerprint density at radius 1 is 1.15 bits per heavy atom. The van der Waals surface area contributed by atoms with Gasteiger partial charge in [0, 0.05) is 23.3 Å². The number of aromatic nitrogens is 2. The highest BCUT2D eigenvalue weighted by atomic mass is 32.2. The molecule has 0 aliphatic rings. The fourth-order valence-corrected chi connectivity index (χ4v) is 4.96. The van der Waals surface area contributed by atoms with Crippen molar-refractivity contribution in [3.8, 4) is 10.7 Å². The van der Waals surface area contributed by atoms with Crippen molar-refractivity contribution in [3.05, 3.63) is 51.9 Å². The van der Waals surface area contributed by atoms with Gasteiger partial charge in [-0.2, -0.15) is 0 Å². The summed E-state index contributed by atoms with van der Waals surface area (Å²) < 4.78 is 43.5. The van der Waals surface area contributed by atoms with Crippen LogP contribution in [-0.2, 0) is 17.1 Å². The van der Waals surface area contributed by atoms with Gasteiger partial charge >= 0.3 is 0 Å². The minimum Gasteiger partial charge on any atom is -0.345 e. The average Bonchev–Trinajstić information content (AvgIpc) is 3.04. The van der Waals surface area contributed by atoms with E-state index < -0.39 is 10.0 Å². The van der Waals surface area contributed by atoms with Crippen LogP contribution in [-0.4, -0.2) is 18.0 Å². The van der Waals surface area contributed by atoms with Crippen LogP contribution in [0.25, 0.3) is 10.7 Å². The van der Waals surface area contributed by atoms with E-state index in [4.69, 9.17) is 0 Å². The number of hydrogen-bond donors (Lipinski definition) is 1. The minimum atomic E-state index is -3.80. The Bertz CT molecular complexity index is 1080. The van der Waals surface area contributed by atoms with Crippen LogP contribution in [0.15, 0.2) is 29.2 Å². The zero-order valence-corrected chi connectivity index (χ0v) is 16.8. The molecule has 0 atom stereocenters. The number of nitrogens with one attached hydrogen (secondary N) is 1. The fraction of sp³-hybridized carbons (Fsp3) is 0.278. The lowest BCUT2D eigenvalue weighted by Crippen LogP contribution is -2.14. The van der Waals surface area contributed by atoms with Crippen molar-refractivity contribution in [2.45, 2.75) is 32.6 Å². The molecule has 26 heavy (non-hydrogen) atoms. The highest BCUT2D eigenvalue weighted by Gasteiger charge is 2.24. The van der Waals surface area contributed by atoms with Gasteiger partial charge in [-0.15, -0.1) is 11.3 Å². The van der Waals surface area contributed by atoms with E-state index in [9.17, 15) is 12.8 Å². The highest BCUT2D eigenvalue weighted by molar-refractivity contribution is 7.92. The van der Waals surface area contributed by atoms with Crippen molar-refractivity contribution in [3.63, 3.8) is 0 Å². The van der Waals surface area contributed by atoms with Crippen molar-refractivity contribution in [2.75, 3.05) is 4.72 Å². The van der Waals surface area contributed by atoms with E-state index in [1.54, 1.807) is 19.9 Å². The first-order valence-corrected chi connectivity index (χ1v) is 10.3. The topological polar surface area (TPSA) is 64.0 Å². The van der Waals surface area contributed by atoms with Crippen LogP contribution in [0.5, 0.6) is 0 Å². The molecular weight excluding hydrogens is 373 g/mol. The molecule has 0 saturated heterocycles. The first-order valence-electron chi connectivity index (χ1n) is 8.00. The van der Waals surface area contributed by atoms with Crippen LogP contribution in [0.3, 0.4) is 0 Å². The SMILES string of the molecule is Cc1cc(NS(=O)(=O)c2cc(-c3nc(C)c(C)s3)n(C)c2C)ccc1F. The van der Waals surface area contributed by atoms with Crippen LogP contribution in [0, 0.1) is 33.5 Å². The van der Waals surface area contributed by atoms with Crippen LogP contribution in [0.2, 0.25) is 0 Å². The molecule has 0 spiro atoms. The smallest absolute Gasteiger partial charge is 0.263 e. The van der Waals surface area contributed by atoms with Crippen LogP contribution >= 0.6 is 11.3 Å². The lowest BCUT2D eigenvalue weighted by atomic mass is 10.2. The lowest BCUT2D eigenvalue weighted by molar-refractivity contribution is 0.599. The zero-order valence-electron chi connectivity index (χ0n) is 15.2. The van der Waals surface area contributed by atoms with Crippen LogP contribution < -0.4 is 4.72 Å². The molecule has 138 valence electrons. The maximum absolute atomic E-state index is 13.4. The predicted octanol–water partition coefficient (Wildman–Crippen LogP) is 4.32. The molecule has 0 aliphatic heterocycles. The number of hydrogen-bond acceptors (Lipinski definition) is 4. The van der Waals surface area contributed by atoms with Crippen molar-refractivity contribution >= 4 is 27.0 Å². The summed E-state index contributed by atoms with van der Waals surface area (Å²) >= 11 is 1.53. The molecule has 0 aliphatic carbocycles. The second kappa shape index (κ2) is 6.51. The number of rotatable bonds is 4. The first-order chi connectivity index (χ1) is 12.1. The van der Waals surface area contributed by atoms with Gasteiger partial charge in [-0.25, -0.2) is 17.8 Å². The predicted molar refractivity (Wildman–Crippen MR) is 103 cm³/mol. The number of thiazole rings is 1. The number of sulfonamides is 1. The van der Waals surface area contributed by atoms with Gasteiger partial charge in [0.05, 0.1) is 11.4 Å². The van der Waals surface area contributed by atoms with Crippen molar-refractivity contribution in [1.29, 1.82) is 0 Å². The molecule has 0 fully saturated rings. The van der Waals surface area contributed by atoms with E-state index in [0.29, 0.717) is 16.9 Å². The Kier molecular flexibility index (Phi) is 4.66. The largest absolute Gasteiger partial charge is 0.345 e. The number of anilines is 1. The van der Waals surface area contributed by atoms with Gasteiger partial charge in [0.25, 0.3) is 10.0 Å². The molecule has 3 rings (SSSR count). The van der Waals surface area contributed by atoms with Gasteiger partial charge in [0.2, 0.25) is 0 Å². The zero-order chi connectivity index (χ0) is 19.2. The summed E-state index contributed by atoms with van der Waals surface area (Å²) in [7, 11) is -1.99.